The largest absolute Gasteiger partial charge is 0.493 e. The molecule has 1 aliphatic carbocycles. The van der Waals surface area contributed by atoms with Crippen LogP contribution >= 0.6 is 0 Å². The highest BCUT2D eigenvalue weighted by Crippen LogP contribution is 2.48. The number of hydrogen-bond donors (Lipinski definition) is 0. The molecule has 1 saturated carbocycles. The first-order chi connectivity index (χ1) is 10.7. The van der Waals surface area contributed by atoms with Crippen molar-refractivity contribution in [1.29, 1.82) is 0 Å². The van der Waals surface area contributed by atoms with E-state index in [0.717, 1.165) is 35.8 Å². The van der Waals surface area contributed by atoms with E-state index in [2.05, 4.69) is 0 Å². The van der Waals surface area contributed by atoms with Crippen LogP contribution in [0.3, 0.4) is 0 Å². The average Bonchev–Trinajstić information content (AvgIpc) is 3.35. The van der Waals surface area contributed by atoms with Crippen LogP contribution in [0.15, 0.2) is 30.3 Å². The van der Waals surface area contributed by atoms with Crippen LogP contribution in [0.4, 0.5) is 4.39 Å². The maximum atomic E-state index is 13.2. The topological polar surface area (TPSA) is 26.3 Å². The van der Waals surface area contributed by atoms with E-state index in [-0.39, 0.29) is 5.82 Å². The zero-order valence-corrected chi connectivity index (χ0v) is 12.9. The summed E-state index contributed by atoms with van der Waals surface area (Å²) in [5.74, 6) is 0.887. The zero-order chi connectivity index (χ0) is 15.7. The molecular formula is C19H19FO2. The summed E-state index contributed by atoms with van der Waals surface area (Å²) in [5, 5.41) is 0. The Hall–Kier alpha value is -2.16. The second kappa shape index (κ2) is 5.91. The molecule has 1 aliphatic rings. The van der Waals surface area contributed by atoms with Crippen LogP contribution < -0.4 is 4.74 Å². The first-order valence-corrected chi connectivity index (χ1v) is 7.67. The van der Waals surface area contributed by atoms with Crippen LogP contribution in [-0.2, 0) is 0 Å². The summed E-state index contributed by atoms with van der Waals surface area (Å²) in [6.07, 6.45) is 3.14. The quantitative estimate of drug-likeness (QED) is 0.735. The molecule has 0 atom stereocenters. The normalized spacial score (nSPS) is 14.0. The van der Waals surface area contributed by atoms with Crippen molar-refractivity contribution in [2.75, 3.05) is 6.61 Å². The molecule has 114 valence electrons. The summed E-state index contributed by atoms with van der Waals surface area (Å²) >= 11 is 0. The van der Waals surface area contributed by atoms with Crippen LogP contribution in [0.25, 0.3) is 11.1 Å². The molecular weight excluding hydrogens is 279 g/mol. The van der Waals surface area contributed by atoms with Gasteiger partial charge in [0.1, 0.15) is 11.6 Å². The van der Waals surface area contributed by atoms with Gasteiger partial charge in [0.15, 0.2) is 6.29 Å². The SMILES string of the molecule is CCOc1c(C=O)cc(C2CC2)c(-c2ccc(F)cc2)c1C. The van der Waals surface area contributed by atoms with Gasteiger partial charge in [0.2, 0.25) is 0 Å². The third-order valence-corrected chi connectivity index (χ3v) is 4.14. The highest BCUT2D eigenvalue weighted by molar-refractivity contribution is 5.86. The molecule has 2 aromatic rings. The average molecular weight is 298 g/mol. The van der Waals surface area contributed by atoms with Gasteiger partial charge in [-0.2, -0.15) is 0 Å². The van der Waals surface area contributed by atoms with Crippen LogP contribution in [0, 0.1) is 12.7 Å². The molecule has 0 aromatic heterocycles. The molecule has 0 radical (unpaired) electrons. The number of carbonyl (C=O) groups excluding carboxylic acids is 1. The van der Waals surface area contributed by atoms with Gasteiger partial charge in [0, 0.05) is 0 Å². The fraction of sp³-hybridized carbons (Fsp3) is 0.316. The Morgan fingerprint density at radius 2 is 1.95 bits per heavy atom. The van der Waals surface area contributed by atoms with Gasteiger partial charge in [-0.15, -0.1) is 0 Å². The smallest absolute Gasteiger partial charge is 0.153 e. The van der Waals surface area contributed by atoms with Crippen molar-refractivity contribution in [3.63, 3.8) is 0 Å². The second-order valence-electron chi connectivity index (χ2n) is 5.72. The van der Waals surface area contributed by atoms with Gasteiger partial charge in [-0.3, -0.25) is 4.79 Å². The molecule has 0 saturated heterocycles. The van der Waals surface area contributed by atoms with Crippen molar-refractivity contribution in [3.05, 3.63) is 52.8 Å². The fourth-order valence-electron chi connectivity index (χ4n) is 2.99. The minimum atomic E-state index is -0.246. The van der Waals surface area contributed by atoms with E-state index in [1.54, 1.807) is 12.1 Å². The lowest BCUT2D eigenvalue weighted by molar-refractivity contribution is 0.111. The number of carbonyl (C=O) groups is 1. The number of hydrogen-bond acceptors (Lipinski definition) is 2. The molecule has 0 aliphatic heterocycles. The van der Waals surface area contributed by atoms with Crippen LogP contribution in [0.2, 0.25) is 0 Å². The number of aldehydes is 1. The standard InChI is InChI=1S/C19H19FO2/c1-3-22-19-12(2)18(14-6-8-16(20)9-7-14)17(13-4-5-13)10-15(19)11-21/h6-11,13H,3-5H2,1-2H3. The number of ether oxygens (including phenoxy) is 1. The maximum Gasteiger partial charge on any atom is 0.153 e. The minimum absolute atomic E-state index is 0.246. The van der Waals surface area contributed by atoms with E-state index in [0.29, 0.717) is 23.8 Å². The summed E-state index contributed by atoms with van der Waals surface area (Å²) in [5.41, 5.74) is 4.79. The lowest BCUT2D eigenvalue weighted by Crippen LogP contribution is -2.03. The number of halogens is 1. The molecule has 1 fully saturated rings. The highest BCUT2D eigenvalue weighted by atomic mass is 19.1. The van der Waals surface area contributed by atoms with E-state index < -0.39 is 0 Å². The summed E-state index contributed by atoms with van der Waals surface area (Å²) in [6, 6.07) is 8.47. The maximum absolute atomic E-state index is 13.2. The summed E-state index contributed by atoms with van der Waals surface area (Å²) < 4.78 is 18.9. The van der Waals surface area contributed by atoms with Gasteiger partial charge in [0.05, 0.1) is 12.2 Å². The van der Waals surface area contributed by atoms with Crippen LogP contribution in [0.1, 0.15) is 47.2 Å². The molecule has 0 spiro atoms. The second-order valence-corrected chi connectivity index (χ2v) is 5.72. The summed E-state index contributed by atoms with van der Waals surface area (Å²) in [4.78, 5) is 11.4. The molecule has 2 nitrogen and oxygen atoms in total. The Morgan fingerprint density at radius 1 is 1.27 bits per heavy atom. The third-order valence-electron chi connectivity index (χ3n) is 4.14. The molecule has 0 unspecified atom stereocenters. The molecule has 0 heterocycles. The van der Waals surface area contributed by atoms with E-state index in [4.69, 9.17) is 4.74 Å². The van der Waals surface area contributed by atoms with Crippen LogP contribution in [0.5, 0.6) is 5.75 Å². The first-order valence-electron chi connectivity index (χ1n) is 7.67. The Morgan fingerprint density at radius 3 is 2.50 bits per heavy atom. The van der Waals surface area contributed by atoms with Gasteiger partial charge in [-0.05, 0) is 73.1 Å². The van der Waals surface area contributed by atoms with E-state index >= 15 is 0 Å². The highest BCUT2D eigenvalue weighted by Gasteiger charge is 2.29. The van der Waals surface area contributed by atoms with Gasteiger partial charge in [-0.25, -0.2) is 4.39 Å². The molecule has 0 N–H and O–H groups in total. The summed E-state index contributed by atoms with van der Waals surface area (Å²) in [7, 11) is 0. The Kier molecular flexibility index (Phi) is 3.97. The Labute approximate surface area is 129 Å². The zero-order valence-electron chi connectivity index (χ0n) is 12.9. The fourth-order valence-corrected chi connectivity index (χ4v) is 2.99. The Balaban J connectivity index is 2.23. The van der Waals surface area contributed by atoms with Crippen molar-refractivity contribution >= 4 is 6.29 Å². The lowest BCUT2D eigenvalue weighted by Gasteiger charge is -2.19. The lowest BCUT2D eigenvalue weighted by atomic mass is 9.90. The molecule has 0 amide bonds. The van der Waals surface area contributed by atoms with Gasteiger partial charge >= 0.3 is 0 Å². The predicted molar refractivity (Wildman–Crippen MR) is 85.1 cm³/mol. The first kappa shape index (κ1) is 14.8. The van der Waals surface area contributed by atoms with E-state index in [1.807, 2.05) is 19.9 Å². The molecule has 0 bridgehead atoms. The van der Waals surface area contributed by atoms with E-state index in [1.165, 1.54) is 17.7 Å². The van der Waals surface area contributed by atoms with Crippen molar-refractivity contribution in [2.45, 2.75) is 32.6 Å². The molecule has 2 aromatic carbocycles. The Bertz CT molecular complexity index is 700. The van der Waals surface area contributed by atoms with Crippen molar-refractivity contribution in [2.24, 2.45) is 0 Å². The number of rotatable bonds is 5. The van der Waals surface area contributed by atoms with Gasteiger partial charge in [-0.1, -0.05) is 12.1 Å². The molecule has 3 heteroatoms. The minimum Gasteiger partial charge on any atom is -0.493 e. The van der Waals surface area contributed by atoms with Crippen LogP contribution in [-0.4, -0.2) is 12.9 Å². The summed E-state index contributed by atoms with van der Waals surface area (Å²) in [6.45, 7) is 4.39. The third kappa shape index (κ3) is 2.63. The van der Waals surface area contributed by atoms with Crippen molar-refractivity contribution in [3.8, 4) is 16.9 Å². The van der Waals surface area contributed by atoms with Crippen molar-refractivity contribution < 1.29 is 13.9 Å². The molecule has 22 heavy (non-hydrogen) atoms. The number of benzene rings is 2. The van der Waals surface area contributed by atoms with Gasteiger partial charge in [0.25, 0.3) is 0 Å². The molecule has 3 rings (SSSR count). The monoisotopic (exact) mass is 298 g/mol. The van der Waals surface area contributed by atoms with E-state index in [9.17, 15) is 9.18 Å². The van der Waals surface area contributed by atoms with Gasteiger partial charge < -0.3 is 4.74 Å². The van der Waals surface area contributed by atoms with Crippen molar-refractivity contribution in [1.82, 2.24) is 0 Å². The predicted octanol–water partition coefficient (Wildman–Crippen LogP) is 4.89.